The topological polar surface area (TPSA) is 12.0 Å². The second kappa shape index (κ2) is 7.26. The molecule has 0 amide bonds. The molecule has 0 aliphatic heterocycles. The molecule has 0 saturated heterocycles. The third kappa shape index (κ3) is 3.97. The Morgan fingerprint density at radius 1 is 1.19 bits per heavy atom. The molecule has 2 aromatic rings. The Kier molecular flexibility index (Phi) is 5.63. The lowest BCUT2D eigenvalue weighted by Gasteiger charge is -2.21. The molecule has 4 heteroatoms. The largest absolute Gasteiger partial charge is 0.306 e. The van der Waals surface area contributed by atoms with Gasteiger partial charge in [-0.25, -0.2) is 4.39 Å². The molecular weight excluding hydrogens is 308 g/mol. The van der Waals surface area contributed by atoms with Gasteiger partial charge in [-0.1, -0.05) is 42.3 Å². The molecular formula is C17H18Cl2FN. The average molecular weight is 326 g/mol. The van der Waals surface area contributed by atoms with Crippen molar-refractivity contribution in [1.82, 2.24) is 5.32 Å². The summed E-state index contributed by atoms with van der Waals surface area (Å²) in [6.07, 6.45) is 0.995. The summed E-state index contributed by atoms with van der Waals surface area (Å²) < 4.78 is 13.6. The summed E-state index contributed by atoms with van der Waals surface area (Å²) in [5.41, 5.74) is 2.47. The van der Waals surface area contributed by atoms with Crippen molar-refractivity contribution >= 4 is 23.2 Å². The van der Waals surface area contributed by atoms with E-state index >= 15 is 0 Å². The van der Waals surface area contributed by atoms with Gasteiger partial charge >= 0.3 is 0 Å². The van der Waals surface area contributed by atoms with Gasteiger partial charge in [-0.2, -0.15) is 0 Å². The van der Waals surface area contributed by atoms with Crippen molar-refractivity contribution in [3.63, 3.8) is 0 Å². The third-order valence-electron chi connectivity index (χ3n) is 3.37. The first kappa shape index (κ1) is 16.3. The molecule has 21 heavy (non-hydrogen) atoms. The number of nitrogens with one attached hydrogen (secondary N) is 1. The number of hydrogen-bond donors (Lipinski definition) is 1. The van der Waals surface area contributed by atoms with Crippen LogP contribution in [-0.4, -0.2) is 6.54 Å². The van der Waals surface area contributed by atoms with Crippen LogP contribution in [0.5, 0.6) is 0 Å². The maximum atomic E-state index is 13.6. The minimum absolute atomic E-state index is 0.101. The van der Waals surface area contributed by atoms with Crippen LogP contribution in [0.1, 0.15) is 36.1 Å². The minimum atomic E-state index is -0.288. The summed E-state index contributed by atoms with van der Waals surface area (Å²) in [5, 5.41) is 4.55. The quantitative estimate of drug-likeness (QED) is 0.762. The highest BCUT2D eigenvalue weighted by Crippen LogP contribution is 2.31. The molecule has 0 saturated carbocycles. The van der Waals surface area contributed by atoms with Crippen molar-refractivity contribution in [2.45, 2.75) is 26.3 Å². The summed E-state index contributed by atoms with van der Waals surface area (Å²) >= 11 is 12.3. The molecule has 0 aliphatic rings. The predicted octanol–water partition coefficient (Wildman–Crippen LogP) is 5.53. The third-order valence-corrected chi connectivity index (χ3v) is 3.93. The Morgan fingerprint density at radius 2 is 1.95 bits per heavy atom. The molecule has 0 bridgehead atoms. The highest BCUT2D eigenvalue weighted by Gasteiger charge is 2.18. The van der Waals surface area contributed by atoms with Crippen LogP contribution in [0, 0.1) is 12.7 Å². The van der Waals surface area contributed by atoms with Gasteiger partial charge in [0.1, 0.15) is 5.82 Å². The zero-order valence-corrected chi connectivity index (χ0v) is 13.6. The molecule has 0 aromatic heterocycles. The van der Waals surface area contributed by atoms with E-state index in [4.69, 9.17) is 23.2 Å². The lowest BCUT2D eigenvalue weighted by molar-refractivity contribution is 0.590. The first-order chi connectivity index (χ1) is 10.0. The van der Waals surface area contributed by atoms with Gasteiger partial charge in [0.2, 0.25) is 0 Å². The van der Waals surface area contributed by atoms with E-state index in [-0.39, 0.29) is 11.9 Å². The molecule has 1 unspecified atom stereocenters. The van der Waals surface area contributed by atoms with E-state index in [0.29, 0.717) is 15.6 Å². The van der Waals surface area contributed by atoms with Crippen LogP contribution in [0.4, 0.5) is 4.39 Å². The highest BCUT2D eigenvalue weighted by atomic mass is 35.5. The van der Waals surface area contributed by atoms with Crippen LogP contribution < -0.4 is 5.32 Å². The first-order valence-corrected chi connectivity index (χ1v) is 7.73. The predicted molar refractivity (Wildman–Crippen MR) is 87.7 cm³/mol. The number of rotatable bonds is 5. The number of hydrogen-bond acceptors (Lipinski definition) is 1. The first-order valence-electron chi connectivity index (χ1n) is 6.97. The van der Waals surface area contributed by atoms with Gasteiger partial charge < -0.3 is 5.32 Å². The summed E-state index contributed by atoms with van der Waals surface area (Å²) in [4.78, 5) is 0. The fourth-order valence-electron chi connectivity index (χ4n) is 2.28. The fraction of sp³-hybridized carbons (Fsp3) is 0.294. The molecule has 2 aromatic carbocycles. The van der Waals surface area contributed by atoms with Gasteiger partial charge in [0.25, 0.3) is 0 Å². The van der Waals surface area contributed by atoms with Crippen LogP contribution in [0.25, 0.3) is 0 Å². The second-order valence-corrected chi connectivity index (χ2v) is 5.91. The van der Waals surface area contributed by atoms with E-state index in [9.17, 15) is 4.39 Å². The molecule has 0 radical (unpaired) electrons. The molecule has 1 nitrogen and oxygen atoms in total. The van der Waals surface area contributed by atoms with E-state index in [1.165, 1.54) is 6.07 Å². The molecule has 0 heterocycles. The SMILES string of the molecule is CCCNC(c1cccc(Cl)c1)c1cc(C)c(F)cc1Cl. The lowest BCUT2D eigenvalue weighted by atomic mass is 9.97. The zero-order valence-electron chi connectivity index (χ0n) is 12.1. The lowest BCUT2D eigenvalue weighted by Crippen LogP contribution is -2.23. The van der Waals surface area contributed by atoms with Crippen molar-refractivity contribution in [2.24, 2.45) is 0 Å². The Morgan fingerprint density at radius 3 is 2.62 bits per heavy atom. The molecule has 0 spiro atoms. The van der Waals surface area contributed by atoms with E-state index in [0.717, 1.165) is 24.1 Å². The van der Waals surface area contributed by atoms with Crippen LogP contribution >= 0.6 is 23.2 Å². The summed E-state index contributed by atoms with van der Waals surface area (Å²) in [6.45, 7) is 4.67. The smallest absolute Gasteiger partial charge is 0.127 e. The number of aryl methyl sites for hydroxylation is 1. The maximum absolute atomic E-state index is 13.6. The monoisotopic (exact) mass is 325 g/mol. The standard InChI is InChI=1S/C17H18Cl2FN/c1-3-7-21-17(12-5-4-6-13(18)9-12)14-8-11(2)16(20)10-15(14)19/h4-6,8-10,17,21H,3,7H2,1-2H3. The van der Waals surface area contributed by atoms with Crippen LogP contribution in [0.2, 0.25) is 10.0 Å². The van der Waals surface area contributed by atoms with Crippen molar-refractivity contribution in [2.75, 3.05) is 6.54 Å². The van der Waals surface area contributed by atoms with Gasteiger partial charge in [-0.3, -0.25) is 0 Å². The summed E-state index contributed by atoms with van der Waals surface area (Å²) in [6, 6.07) is 10.7. The molecule has 112 valence electrons. The molecule has 2 rings (SSSR count). The van der Waals surface area contributed by atoms with E-state index in [1.54, 1.807) is 13.0 Å². The maximum Gasteiger partial charge on any atom is 0.127 e. The van der Waals surface area contributed by atoms with Gasteiger partial charge in [0.05, 0.1) is 6.04 Å². The average Bonchev–Trinajstić information content (AvgIpc) is 2.44. The Balaban J connectivity index is 2.47. The van der Waals surface area contributed by atoms with Gasteiger partial charge in [-0.05, 0) is 60.8 Å². The van der Waals surface area contributed by atoms with Crippen molar-refractivity contribution in [1.29, 1.82) is 0 Å². The van der Waals surface area contributed by atoms with Crippen molar-refractivity contribution in [3.05, 3.63) is 69.0 Å². The summed E-state index contributed by atoms with van der Waals surface area (Å²) in [7, 11) is 0. The van der Waals surface area contributed by atoms with Crippen LogP contribution in [0.15, 0.2) is 36.4 Å². The minimum Gasteiger partial charge on any atom is -0.306 e. The van der Waals surface area contributed by atoms with E-state index < -0.39 is 0 Å². The highest BCUT2D eigenvalue weighted by molar-refractivity contribution is 6.31. The Labute approximate surface area is 135 Å². The molecule has 1 N–H and O–H groups in total. The van der Waals surface area contributed by atoms with E-state index in [1.807, 2.05) is 24.3 Å². The van der Waals surface area contributed by atoms with Crippen molar-refractivity contribution in [3.8, 4) is 0 Å². The van der Waals surface area contributed by atoms with Crippen molar-refractivity contribution < 1.29 is 4.39 Å². The fourth-order valence-corrected chi connectivity index (χ4v) is 2.74. The normalized spacial score (nSPS) is 12.4. The number of benzene rings is 2. The Hall–Kier alpha value is -1.09. The zero-order chi connectivity index (χ0) is 15.4. The van der Waals surface area contributed by atoms with Gasteiger partial charge in [0.15, 0.2) is 0 Å². The van der Waals surface area contributed by atoms with Crippen LogP contribution in [0.3, 0.4) is 0 Å². The molecule has 0 fully saturated rings. The summed E-state index contributed by atoms with van der Waals surface area (Å²) in [5.74, 6) is -0.288. The Bertz CT molecular complexity index is 628. The molecule has 0 aliphatic carbocycles. The second-order valence-electron chi connectivity index (χ2n) is 5.07. The van der Waals surface area contributed by atoms with E-state index in [2.05, 4.69) is 12.2 Å². The van der Waals surface area contributed by atoms with Gasteiger partial charge in [-0.15, -0.1) is 0 Å². The van der Waals surface area contributed by atoms with Gasteiger partial charge in [0, 0.05) is 10.0 Å². The van der Waals surface area contributed by atoms with Crippen LogP contribution in [-0.2, 0) is 0 Å². The molecule has 1 atom stereocenters. The number of halogens is 3.